The lowest BCUT2D eigenvalue weighted by molar-refractivity contribution is 0.246. The molecule has 152 valence electrons. The zero-order valence-electron chi connectivity index (χ0n) is 15.2. The van der Waals surface area contributed by atoms with Gasteiger partial charge in [0.05, 0.1) is 29.9 Å². The summed E-state index contributed by atoms with van der Waals surface area (Å²) >= 11 is 23.5. The molecule has 0 saturated heterocycles. The van der Waals surface area contributed by atoms with Gasteiger partial charge < -0.3 is 18.9 Å². The molecule has 8 heteroatoms. The summed E-state index contributed by atoms with van der Waals surface area (Å²) in [6.07, 6.45) is 2.17. The number of hydrogen-bond donors (Lipinski definition) is 0. The summed E-state index contributed by atoms with van der Waals surface area (Å²) in [4.78, 5) is 0. The van der Waals surface area contributed by atoms with E-state index < -0.39 is 0 Å². The maximum Gasteiger partial charge on any atom is 0.156 e. The highest BCUT2D eigenvalue weighted by molar-refractivity contribution is 6.55. The van der Waals surface area contributed by atoms with Crippen LogP contribution in [0.4, 0.5) is 0 Å². The van der Waals surface area contributed by atoms with E-state index in [1.807, 2.05) is 31.2 Å². The molecule has 0 heterocycles. The van der Waals surface area contributed by atoms with Gasteiger partial charge in [-0.15, -0.1) is 0 Å². The zero-order chi connectivity index (χ0) is 20.4. The van der Waals surface area contributed by atoms with Crippen molar-refractivity contribution in [3.63, 3.8) is 0 Å². The van der Waals surface area contributed by atoms with Crippen LogP contribution >= 0.6 is 46.4 Å². The molecule has 28 heavy (non-hydrogen) atoms. The molecule has 0 amide bonds. The summed E-state index contributed by atoms with van der Waals surface area (Å²) in [6, 6.07) is 10.7. The SMILES string of the molecule is CCOc1cccc(OCCCOc2c(Cl)cc(OCC=C(Cl)Cl)cc2Cl)c1. The number of benzene rings is 2. The van der Waals surface area contributed by atoms with Crippen LogP contribution in [0.2, 0.25) is 10.0 Å². The minimum Gasteiger partial charge on any atom is -0.494 e. The van der Waals surface area contributed by atoms with Gasteiger partial charge >= 0.3 is 0 Å². The van der Waals surface area contributed by atoms with Crippen molar-refractivity contribution in [2.45, 2.75) is 13.3 Å². The van der Waals surface area contributed by atoms with Crippen LogP contribution < -0.4 is 18.9 Å². The Morgan fingerprint density at radius 2 is 1.50 bits per heavy atom. The van der Waals surface area contributed by atoms with Crippen molar-refractivity contribution in [3.8, 4) is 23.0 Å². The van der Waals surface area contributed by atoms with E-state index in [0.717, 1.165) is 11.5 Å². The molecule has 0 atom stereocenters. The number of ether oxygens (including phenoxy) is 4. The van der Waals surface area contributed by atoms with Crippen molar-refractivity contribution in [3.05, 3.63) is 57.0 Å². The molecule has 0 aliphatic rings. The van der Waals surface area contributed by atoms with E-state index in [9.17, 15) is 0 Å². The lowest BCUT2D eigenvalue weighted by atomic mass is 10.3. The fourth-order valence-electron chi connectivity index (χ4n) is 2.20. The summed E-state index contributed by atoms with van der Waals surface area (Å²) in [5.41, 5.74) is 0. The van der Waals surface area contributed by atoms with Gasteiger partial charge in [0.1, 0.15) is 28.3 Å². The van der Waals surface area contributed by atoms with Crippen molar-refractivity contribution in [2.24, 2.45) is 0 Å². The third-order valence-electron chi connectivity index (χ3n) is 3.38. The highest BCUT2D eigenvalue weighted by Gasteiger charge is 2.10. The minimum absolute atomic E-state index is 0.129. The number of rotatable bonds is 11. The van der Waals surface area contributed by atoms with Gasteiger partial charge in [-0.1, -0.05) is 52.5 Å². The van der Waals surface area contributed by atoms with Gasteiger partial charge in [0.2, 0.25) is 0 Å². The fraction of sp³-hybridized carbons (Fsp3) is 0.300. The molecule has 2 rings (SSSR count). The molecular formula is C20H20Cl4O4. The minimum atomic E-state index is 0.129. The largest absolute Gasteiger partial charge is 0.494 e. The lowest BCUT2D eigenvalue weighted by Gasteiger charge is -2.13. The van der Waals surface area contributed by atoms with E-state index in [-0.39, 0.29) is 11.1 Å². The summed E-state index contributed by atoms with van der Waals surface area (Å²) in [5.74, 6) is 2.42. The standard InChI is InChI=1S/C20H20Cl4O4/c1-2-25-14-5-3-6-15(11-14)26-8-4-9-28-20-17(21)12-16(13-18(20)22)27-10-7-19(23)24/h3,5-7,11-13H,2,4,8-10H2,1H3. The maximum absolute atomic E-state index is 6.23. The van der Waals surface area contributed by atoms with Crippen LogP contribution in [0, 0.1) is 0 Å². The first-order chi connectivity index (χ1) is 13.5. The van der Waals surface area contributed by atoms with Crippen LogP contribution in [0.5, 0.6) is 23.0 Å². The second-order valence-electron chi connectivity index (χ2n) is 5.48. The highest BCUT2D eigenvalue weighted by atomic mass is 35.5. The Labute approximate surface area is 184 Å². The van der Waals surface area contributed by atoms with Gasteiger partial charge in [-0.2, -0.15) is 0 Å². The molecule has 0 radical (unpaired) electrons. The van der Waals surface area contributed by atoms with E-state index in [0.29, 0.717) is 47.8 Å². The predicted molar refractivity (Wildman–Crippen MR) is 115 cm³/mol. The average Bonchev–Trinajstić information content (AvgIpc) is 2.64. The number of hydrogen-bond acceptors (Lipinski definition) is 4. The molecule has 0 fully saturated rings. The summed E-state index contributed by atoms with van der Waals surface area (Å²) in [5, 5.41) is 0.711. The van der Waals surface area contributed by atoms with Crippen LogP contribution in [0.1, 0.15) is 13.3 Å². The van der Waals surface area contributed by atoms with Gasteiger partial charge in [-0.25, -0.2) is 0 Å². The Morgan fingerprint density at radius 3 is 2.14 bits per heavy atom. The lowest BCUT2D eigenvalue weighted by Crippen LogP contribution is -2.06. The Balaban J connectivity index is 1.79. The molecule has 0 unspecified atom stereocenters. The predicted octanol–water partition coefficient (Wildman–Crippen LogP) is 6.94. The van der Waals surface area contributed by atoms with Crippen LogP contribution in [0.3, 0.4) is 0 Å². The fourth-order valence-corrected chi connectivity index (χ4v) is 2.90. The molecule has 0 spiro atoms. The molecule has 0 aliphatic carbocycles. The molecular weight excluding hydrogens is 446 g/mol. The van der Waals surface area contributed by atoms with Crippen molar-refractivity contribution in [1.82, 2.24) is 0 Å². The average molecular weight is 466 g/mol. The van der Waals surface area contributed by atoms with Crippen LogP contribution in [-0.4, -0.2) is 26.4 Å². The summed E-state index contributed by atoms with van der Waals surface area (Å²) in [6.45, 7) is 3.64. The van der Waals surface area contributed by atoms with E-state index in [1.54, 1.807) is 12.1 Å². The van der Waals surface area contributed by atoms with Crippen LogP contribution in [-0.2, 0) is 0 Å². The van der Waals surface area contributed by atoms with E-state index in [1.165, 1.54) is 6.08 Å². The first kappa shape index (κ1) is 22.8. The molecule has 2 aromatic carbocycles. The first-order valence-corrected chi connectivity index (χ1v) is 10.1. The third-order valence-corrected chi connectivity index (χ3v) is 4.25. The number of halogens is 4. The Kier molecular flexibility index (Phi) is 9.93. The summed E-state index contributed by atoms with van der Waals surface area (Å²) < 4.78 is 22.4. The first-order valence-electron chi connectivity index (χ1n) is 8.61. The normalized spacial score (nSPS) is 10.3. The van der Waals surface area contributed by atoms with Crippen molar-refractivity contribution in [1.29, 1.82) is 0 Å². The van der Waals surface area contributed by atoms with Gasteiger partial charge in [0.15, 0.2) is 5.75 Å². The van der Waals surface area contributed by atoms with Gasteiger partial charge in [0, 0.05) is 24.6 Å². The van der Waals surface area contributed by atoms with Crippen molar-refractivity contribution >= 4 is 46.4 Å². The quantitative estimate of drug-likeness (QED) is 0.337. The van der Waals surface area contributed by atoms with E-state index in [4.69, 9.17) is 65.4 Å². The monoisotopic (exact) mass is 464 g/mol. The molecule has 0 bridgehead atoms. The summed E-state index contributed by atoms with van der Waals surface area (Å²) in [7, 11) is 0. The second-order valence-corrected chi connectivity index (χ2v) is 7.30. The highest BCUT2D eigenvalue weighted by Crippen LogP contribution is 2.37. The van der Waals surface area contributed by atoms with Gasteiger partial charge in [0.25, 0.3) is 0 Å². The van der Waals surface area contributed by atoms with E-state index in [2.05, 4.69) is 0 Å². The molecule has 0 aromatic heterocycles. The Morgan fingerprint density at radius 1 is 0.857 bits per heavy atom. The molecule has 2 aromatic rings. The third kappa shape index (κ3) is 7.88. The topological polar surface area (TPSA) is 36.9 Å². The van der Waals surface area contributed by atoms with Gasteiger partial charge in [-0.3, -0.25) is 0 Å². The molecule has 0 aliphatic heterocycles. The molecule has 0 saturated carbocycles. The smallest absolute Gasteiger partial charge is 0.156 e. The van der Waals surface area contributed by atoms with Crippen LogP contribution in [0.25, 0.3) is 0 Å². The maximum atomic E-state index is 6.23. The molecule has 4 nitrogen and oxygen atoms in total. The van der Waals surface area contributed by atoms with Gasteiger partial charge in [-0.05, 0) is 25.1 Å². The van der Waals surface area contributed by atoms with Crippen molar-refractivity contribution in [2.75, 3.05) is 26.4 Å². The van der Waals surface area contributed by atoms with Crippen LogP contribution in [0.15, 0.2) is 47.0 Å². The van der Waals surface area contributed by atoms with E-state index >= 15 is 0 Å². The second kappa shape index (κ2) is 12.2. The molecule has 0 N–H and O–H groups in total. The Bertz CT molecular complexity index is 769. The zero-order valence-corrected chi connectivity index (χ0v) is 18.2. The Hall–Kier alpha value is -1.46. The van der Waals surface area contributed by atoms with Crippen molar-refractivity contribution < 1.29 is 18.9 Å².